The van der Waals surface area contributed by atoms with Crippen molar-refractivity contribution in [1.29, 1.82) is 0 Å². The van der Waals surface area contributed by atoms with Crippen LogP contribution in [0.2, 0.25) is 0 Å². The molecule has 15 heavy (non-hydrogen) atoms. The van der Waals surface area contributed by atoms with Crippen molar-refractivity contribution in [2.75, 3.05) is 31.2 Å². The van der Waals surface area contributed by atoms with Crippen LogP contribution in [-0.4, -0.2) is 38.9 Å². The molecular formula is C8H14N4O2S. The summed E-state index contributed by atoms with van der Waals surface area (Å²) in [6.07, 6.45) is 2.91. The fourth-order valence-corrected chi connectivity index (χ4v) is 1.96. The molecule has 2 N–H and O–H groups in total. The first-order chi connectivity index (χ1) is 6.87. The molecule has 0 amide bonds. The molecule has 0 aliphatic heterocycles. The smallest absolute Gasteiger partial charge is 0.303 e. The lowest BCUT2D eigenvalue weighted by atomic mass is 10.3. The van der Waals surface area contributed by atoms with E-state index in [1.54, 1.807) is 6.07 Å². The van der Waals surface area contributed by atoms with Gasteiger partial charge in [-0.3, -0.25) is 9.29 Å². The first-order valence-electron chi connectivity index (χ1n) is 4.23. The van der Waals surface area contributed by atoms with Gasteiger partial charge in [0.2, 0.25) is 0 Å². The van der Waals surface area contributed by atoms with E-state index in [1.165, 1.54) is 33.5 Å². The van der Waals surface area contributed by atoms with E-state index in [9.17, 15) is 8.42 Å². The molecule has 0 aliphatic rings. The SMILES string of the molecule is CN(C)S(=O)(=O)N(C)c1ccncc1N. The average Bonchev–Trinajstić information content (AvgIpc) is 2.17. The molecular weight excluding hydrogens is 216 g/mol. The molecule has 0 unspecified atom stereocenters. The van der Waals surface area contributed by atoms with Crippen LogP contribution in [0, 0.1) is 0 Å². The second kappa shape index (κ2) is 4.03. The monoisotopic (exact) mass is 230 g/mol. The molecule has 0 spiro atoms. The molecule has 0 bridgehead atoms. The van der Waals surface area contributed by atoms with Gasteiger partial charge in [0.05, 0.1) is 17.6 Å². The number of hydrogen-bond donors (Lipinski definition) is 1. The summed E-state index contributed by atoms with van der Waals surface area (Å²) in [5.41, 5.74) is 6.37. The second-order valence-corrected chi connectivity index (χ2v) is 5.37. The van der Waals surface area contributed by atoms with Crippen LogP contribution in [0.25, 0.3) is 0 Å². The molecule has 1 rings (SSSR count). The van der Waals surface area contributed by atoms with E-state index < -0.39 is 10.2 Å². The number of anilines is 2. The quantitative estimate of drug-likeness (QED) is 0.786. The molecule has 6 nitrogen and oxygen atoms in total. The topological polar surface area (TPSA) is 79.5 Å². The Labute approximate surface area is 89.5 Å². The predicted molar refractivity (Wildman–Crippen MR) is 59.7 cm³/mol. The molecule has 0 atom stereocenters. The van der Waals surface area contributed by atoms with Gasteiger partial charge in [-0.2, -0.15) is 12.7 Å². The van der Waals surface area contributed by atoms with Gasteiger partial charge in [-0.05, 0) is 6.07 Å². The van der Waals surface area contributed by atoms with E-state index in [-0.39, 0.29) is 0 Å². The lowest BCUT2D eigenvalue weighted by Crippen LogP contribution is -2.37. The Kier molecular flexibility index (Phi) is 3.15. The third-order valence-electron chi connectivity index (χ3n) is 1.97. The standard InChI is InChI=1S/C8H14N4O2S/c1-11(2)15(13,14)12(3)8-4-5-10-6-7(8)9/h4-6H,9H2,1-3H3. The van der Waals surface area contributed by atoms with Gasteiger partial charge in [-0.15, -0.1) is 0 Å². The zero-order chi connectivity index (χ0) is 11.6. The highest BCUT2D eigenvalue weighted by atomic mass is 32.2. The zero-order valence-electron chi connectivity index (χ0n) is 8.88. The van der Waals surface area contributed by atoms with Gasteiger partial charge in [-0.1, -0.05) is 0 Å². The van der Waals surface area contributed by atoms with E-state index in [0.29, 0.717) is 11.4 Å². The Morgan fingerprint density at radius 3 is 2.40 bits per heavy atom. The van der Waals surface area contributed by atoms with E-state index in [4.69, 9.17) is 5.73 Å². The maximum atomic E-state index is 11.8. The van der Waals surface area contributed by atoms with Gasteiger partial charge >= 0.3 is 10.2 Å². The van der Waals surface area contributed by atoms with Crippen molar-refractivity contribution in [3.63, 3.8) is 0 Å². The average molecular weight is 230 g/mol. The van der Waals surface area contributed by atoms with Crippen LogP contribution in [0.4, 0.5) is 11.4 Å². The molecule has 0 saturated carbocycles. The van der Waals surface area contributed by atoms with Crippen LogP contribution in [0.1, 0.15) is 0 Å². The number of nitrogens with zero attached hydrogens (tertiary/aromatic N) is 3. The number of aromatic nitrogens is 1. The van der Waals surface area contributed by atoms with Crippen LogP contribution in [0.3, 0.4) is 0 Å². The Morgan fingerprint density at radius 2 is 1.93 bits per heavy atom. The van der Waals surface area contributed by atoms with Crippen molar-refractivity contribution in [3.05, 3.63) is 18.5 Å². The van der Waals surface area contributed by atoms with E-state index in [0.717, 1.165) is 8.61 Å². The molecule has 0 fully saturated rings. The highest BCUT2D eigenvalue weighted by molar-refractivity contribution is 7.90. The summed E-state index contributed by atoms with van der Waals surface area (Å²) in [5.74, 6) is 0. The van der Waals surface area contributed by atoms with Crippen molar-refractivity contribution < 1.29 is 8.42 Å². The van der Waals surface area contributed by atoms with Crippen molar-refractivity contribution >= 4 is 21.6 Å². The largest absolute Gasteiger partial charge is 0.396 e. The highest BCUT2D eigenvalue weighted by Gasteiger charge is 2.22. The summed E-state index contributed by atoms with van der Waals surface area (Å²) < 4.78 is 25.8. The van der Waals surface area contributed by atoms with Crippen LogP contribution in [0.15, 0.2) is 18.5 Å². The molecule has 0 aromatic carbocycles. The lowest BCUT2D eigenvalue weighted by molar-refractivity contribution is 0.519. The van der Waals surface area contributed by atoms with Gasteiger partial charge in [-0.25, -0.2) is 0 Å². The minimum Gasteiger partial charge on any atom is -0.396 e. The second-order valence-electron chi connectivity index (χ2n) is 3.19. The minimum absolute atomic E-state index is 0.324. The van der Waals surface area contributed by atoms with Gasteiger partial charge in [0.1, 0.15) is 0 Å². The van der Waals surface area contributed by atoms with Crippen molar-refractivity contribution in [1.82, 2.24) is 9.29 Å². The molecule has 7 heteroatoms. The fraction of sp³-hybridized carbons (Fsp3) is 0.375. The zero-order valence-corrected chi connectivity index (χ0v) is 9.69. The Balaban J connectivity index is 3.17. The molecule has 1 aromatic heterocycles. The van der Waals surface area contributed by atoms with Crippen molar-refractivity contribution in [2.45, 2.75) is 0 Å². The molecule has 1 heterocycles. The highest BCUT2D eigenvalue weighted by Crippen LogP contribution is 2.22. The van der Waals surface area contributed by atoms with Gasteiger partial charge in [0, 0.05) is 27.3 Å². The summed E-state index contributed by atoms with van der Waals surface area (Å²) in [4.78, 5) is 3.79. The number of pyridine rings is 1. The van der Waals surface area contributed by atoms with Crippen LogP contribution >= 0.6 is 0 Å². The molecule has 0 saturated heterocycles. The minimum atomic E-state index is -3.49. The first-order valence-corrected chi connectivity index (χ1v) is 5.63. The third kappa shape index (κ3) is 2.18. The van der Waals surface area contributed by atoms with E-state index >= 15 is 0 Å². The van der Waals surface area contributed by atoms with Crippen LogP contribution in [0.5, 0.6) is 0 Å². The van der Waals surface area contributed by atoms with Gasteiger partial charge < -0.3 is 5.73 Å². The van der Waals surface area contributed by atoms with E-state index in [1.807, 2.05) is 0 Å². The number of hydrogen-bond acceptors (Lipinski definition) is 4. The lowest BCUT2D eigenvalue weighted by Gasteiger charge is -2.23. The van der Waals surface area contributed by atoms with Gasteiger partial charge in [0.25, 0.3) is 0 Å². The molecule has 0 radical (unpaired) electrons. The number of nitrogen functional groups attached to an aromatic ring is 1. The van der Waals surface area contributed by atoms with E-state index in [2.05, 4.69) is 4.98 Å². The van der Waals surface area contributed by atoms with Crippen LogP contribution in [-0.2, 0) is 10.2 Å². The summed E-state index contributed by atoms with van der Waals surface area (Å²) in [6.45, 7) is 0. The summed E-state index contributed by atoms with van der Waals surface area (Å²) in [7, 11) is 0.875. The maximum Gasteiger partial charge on any atom is 0.303 e. The van der Waals surface area contributed by atoms with Crippen molar-refractivity contribution in [2.24, 2.45) is 0 Å². The van der Waals surface area contributed by atoms with Gasteiger partial charge in [0.15, 0.2) is 0 Å². The Morgan fingerprint density at radius 1 is 1.33 bits per heavy atom. The maximum absolute atomic E-state index is 11.8. The number of rotatable bonds is 3. The molecule has 0 aliphatic carbocycles. The summed E-state index contributed by atoms with van der Waals surface area (Å²) in [6, 6.07) is 1.55. The fourth-order valence-electron chi connectivity index (χ4n) is 1.06. The first kappa shape index (κ1) is 11.7. The molecule has 1 aromatic rings. The number of nitrogens with two attached hydrogens (primary N) is 1. The normalized spacial score (nSPS) is 11.7. The Bertz CT molecular complexity index is 444. The third-order valence-corrected chi connectivity index (χ3v) is 3.79. The summed E-state index contributed by atoms with van der Waals surface area (Å²) >= 11 is 0. The van der Waals surface area contributed by atoms with Crippen molar-refractivity contribution in [3.8, 4) is 0 Å². The molecule has 84 valence electrons. The summed E-state index contributed by atoms with van der Waals surface area (Å²) in [5, 5.41) is 0. The van der Waals surface area contributed by atoms with Crippen LogP contribution < -0.4 is 10.0 Å². The predicted octanol–water partition coefficient (Wildman–Crippen LogP) is -0.0936. The Hall–Kier alpha value is -1.34.